The highest BCUT2D eigenvalue weighted by Gasteiger charge is 2.32. The van der Waals surface area contributed by atoms with E-state index in [4.69, 9.17) is 11.6 Å². The molecule has 6 heteroatoms. The van der Waals surface area contributed by atoms with Crippen LogP contribution in [-0.2, 0) is 4.79 Å². The third-order valence-corrected chi connectivity index (χ3v) is 4.56. The normalized spacial score (nSPS) is 21.5. The Labute approximate surface area is 133 Å². The van der Waals surface area contributed by atoms with Crippen molar-refractivity contribution in [2.75, 3.05) is 26.7 Å². The van der Waals surface area contributed by atoms with Crippen molar-refractivity contribution in [1.82, 2.24) is 15.5 Å². The van der Waals surface area contributed by atoms with Crippen LogP contribution < -0.4 is 10.6 Å². The maximum absolute atomic E-state index is 12.0. The number of carbonyl (C=O) groups excluding carboxylic acids is 1. The molecule has 1 amide bonds. The number of nitrogens with one attached hydrogen (secondary N) is 2. The molecule has 1 aliphatic rings. The Kier molecular flexibility index (Phi) is 5.43. The smallest absolute Gasteiger partial charge is 0.238 e. The zero-order valence-corrected chi connectivity index (χ0v) is 14.0. The van der Waals surface area contributed by atoms with E-state index in [-0.39, 0.29) is 18.0 Å². The number of amides is 1. The summed E-state index contributed by atoms with van der Waals surface area (Å²) in [5, 5.41) is 6.72. The van der Waals surface area contributed by atoms with E-state index in [2.05, 4.69) is 38.4 Å². The van der Waals surface area contributed by atoms with Gasteiger partial charge in [-0.05, 0) is 24.6 Å². The second kappa shape index (κ2) is 6.89. The van der Waals surface area contributed by atoms with E-state index in [0.29, 0.717) is 6.54 Å². The molecular weight excluding hydrogens is 342 g/mol. The summed E-state index contributed by atoms with van der Waals surface area (Å²) in [5.74, 6) is 0.0392. The fourth-order valence-corrected chi connectivity index (χ4v) is 3.44. The molecule has 0 saturated carbocycles. The summed E-state index contributed by atoms with van der Waals surface area (Å²) in [4.78, 5) is 14.2. The first-order valence-corrected chi connectivity index (χ1v) is 7.84. The Hall–Kier alpha value is -0.620. The van der Waals surface area contributed by atoms with Crippen molar-refractivity contribution in [3.05, 3.63) is 33.3 Å². The molecule has 0 radical (unpaired) electrons. The summed E-state index contributed by atoms with van der Waals surface area (Å²) in [6.07, 6.45) is 0. The number of piperazine rings is 1. The van der Waals surface area contributed by atoms with Gasteiger partial charge in [-0.3, -0.25) is 9.69 Å². The summed E-state index contributed by atoms with van der Waals surface area (Å²) < 4.78 is 0.960. The lowest BCUT2D eigenvalue weighted by atomic mass is 10.0. The highest BCUT2D eigenvalue weighted by Crippen LogP contribution is 2.31. The van der Waals surface area contributed by atoms with E-state index in [9.17, 15) is 4.79 Å². The van der Waals surface area contributed by atoms with Crippen LogP contribution in [0.3, 0.4) is 0 Å². The van der Waals surface area contributed by atoms with E-state index in [1.165, 1.54) is 0 Å². The van der Waals surface area contributed by atoms with Gasteiger partial charge in [-0.1, -0.05) is 33.6 Å². The Balaban J connectivity index is 2.25. The van der Waals surface area contributed by atoms with Crippen LogP contribution in [0.25, 0.3) is 0 Å². The van der Waals surface area contributed by atoms with Gasteiger partial charge in [-0.25, -0.2) is 0 Å². The third-order valence-electron chi connectivity index (χ3n) is 3.74. The van der Waals surface area contributed by atoms with E-state index in [1.807, 2.05) is 18.2 Å². The van der Waals surface area contributed by atoms with Crippen molar-refractivity contribution in [3.63, 3.8) is 0 Å². The molecule has 20 heavy (non-hydrogen) atoms. The van der Waals surface area contributed by atoms with Crippen LogP contribution in [0, 0.1) is 0 Å². The fraction of sp³-hybridized carbons (Fsp3) is 0.500. The van der Waals surface area contributed by atoms with Crippen molar-refractivity contribution in [2.24, 2.45) is 0 Å². The van der Waals surface area contributed by atoms with Gasteiger partial charge in [0.25, 0.3) is 0 Å². The van der Waals surface area contributed by atoms with Crippen LogP contribution in [0.1, 0.15) is 18.5 Å². The van der Waals surface area contributed by atoms with Crippen molar-refractivity contribution >= 4 is 33.4 Å². The summed E-state index contributed by atoms with van der Waals surface area (Å²) in [5.41, 5.74) is 1.05. The predicted molar refractivity (Wildman–Crippen MR) is 85.0 cm³/mol. The zero-order valence-electron chi connectivity index (χ0n) is 11.6. The van der Waals surface area contributed by atoms with Crippen LogP contribution in [0.4, 0.5) is 0 Å². The van der Waals surface area contributed by atoms with Crippen molar-refractivity contribution in [2.45, 2.75) is 19.0 Å². The van der Waals surface area contributed by atoms with E-state index >= 15 is 0 Å². The molecule has 0 aromatic heterocycles. The quantitative estimate of drug-likeness (QED) is 0.868. The SMILES string of the molecule is CNC(=O)C1CNCCN1C(C)c1ccc(Br)cc1Cl. The van der Waals surface area contributed by atoms with Gasteiger partial charge in [-0.2, -0.15) is 0 Å². The molecule has 0 spiro atoms. The van der Waals surface area contributed by atoms with Crippen molar-refractivity contribution in [3.8, 4) is 0 Å². The molecule has 2 atom stereocenters. The topological polar surface area (TPSA) is 44.4 Å². The third kappa shape index (κ3) is 3.34. The first-order chi connectivity index (χ1) is 9.54. The molecule has 1 aromatic carbocycles. The van der Waals surface area contributed by atoms with Crippen LogP contribution in [-0.4, -0.2) is 43.5 Å². The van der Waals surface area contributed by atoms with Crippen molar-refractivity contribution < 1.29 is 4.79 Å². The molecule has 1 aliphatic heterocycles. The Morgan fingerprint density at radius 2 is 2.35 bits per heavy atom. The van der Waals surface area contributed by atoms with Gasteiger partial charge in [0.1, 0.15) is 6.04 Å². The lowest BCUT2D eigenvalue weighted by molar-refractivity contribution is -0.127. The van der Waals surface area contributed by atoms with Gasteiger partial charge < -0.3 is 10.6 Å². The fourth-order valence-electron chi connectivity index (χ4n) is 2.61. The molecule has 1 fully saturated rings. The zero-order chi connectivity index (χ0) is 14.7. The van der Waals surface area contributed by atoms with E-state index in [1.54, 1.807) is 7.05 Å². The Morgan fingerprint density at radius 3 is 3.00 bits per heavy atom. The number of carbonyl (C=O) groups is 1. The Bertz CT molecular complexity index is 497. The Morgan fingerprint density at radius 1 is 1.60 bits per heavy atom. The second-order valence-corrected chi connectivity index (χ2v) is 6.24. The molecule has 0 aliphatic carbocycles. The summed E-state index contributed by atoms with van der Waals surface area (Å²) in [7, 11) is 1.67. The number of halogens is 2. The lowest BCUT2D eigenvalue weighted by Crippen LogP contribution is -2.57. The van der Waals surface area contributed by atoms with Gasteiger partial charge >= 0.3 is 0 Å². The van der Waals surface area contributed by atoms with Crippen LogP contribution in [0.15, 0.2) is 22.7 Å². The molecule has 1 heterocycles. The molecule has 0 bridgehead atoms. The molecule has 1 saturated heterocycles. The van der Waals surface area contributed by atoms with Gasteiger partial charge in [0.05, 0.1) is 0 Å². The van der Waals surface area contributed by atoms with Gasteiger partial charge in [0.2, 0.25) is 5.91 Å². The molecular formula is C14H19BrClN3O. The van der Waals surface area contributed by atoms with E-state index < -0.39 is 0 Å². The number of rotatable bonds is 3. The lowest BCUT2D eigenvalue weighted by Gasteiger charge is -2.39. The van der Waals surface area contributed by atoms with Crippen LogP contribution >= 0.6 is 27.5 Å². The number of benzene rings is 1. The minimum atomic E-state index is -0.163. The van der Waals surface area contributed by atoms with Crippen LogP contribution in [0.2, 0.25) is 5.02 Å². The molecule has 2 N–H and O–H groups in total. The first-order valence-electron chi connectivity index (χ1n) is 6.67. The average molecular weight is 361 g/mol. The van der Waals surface area contributed by atoms with Crippen molar-refractivity contribution in [1.29, 1.82) is 0 Å². The molecule has 2 rings (SSSR count). The molecule has 1 aromatic rings. The van der Waals surface area contributed by atoms with E-state index in [0.717, 1.165) is 28.1 Å². The maximum Gasteiger partial charge on any atom is 0.238 e. The highest BCUT2D eigenvalue weighted by atomic mass is 79.9. The van der Waals surface area contributed by atoms with Gasteiger partial charge in [0, 0.05) is 42.2 Å². The number of nitrogens with zero attached hydrogens (tertiary/aromatic N) is 1. The summed E-state index contributed by atoms with van der Waals surface area (Å²) >= 11 is 9.75. The largest absolute Gasteiger partial charge is 0.358 e. The first kappa shape index (κ1) is 15.8. The number of likely N-dealkylation sites (N-methyl/N-ethyl adjacent to an activating group) is 1. The molecule has 2 unspecified atom stereocenters. The standard InChI is InChI=1S/C14H19BrClN3O/c1-9(11-4-3-10(15)7-12(11)16)19-6-5-18-8-13(19)14(20)17-2/h3-4,7,9,13,18H,5-6,8H2,1-2H3,(H,17,20). The second-order valence-electron chi connectivity index (χ2n) is 4.91. The van der Waals surface area contributed by atoms with Crippen LogP contribution in [0.5, 0.6) is 0 Å². The molecule has 4 nitrogen and oxygen atoms in total. The minimum absolute atomic E-state index is 0.0392. The van der Waals surface area contributed by atoms with Gasteiger partial charge in [-0.15, -0.1) is 0 Å². The molecule has 110 valence electrons. The highest BCUT2D eigenvalue weighted by molar-refractivity contribution is 9.10. The van der Waals surface area contributed by atoms with Gasteiger partial charge in [0.15, 0.2) is 0 Å². The number of hydrogen-bond acceptors (Lipinski definition) is 3. The number of hydrogen-bond donors (Lipinski definition) is 2. The summed E-state index contributed by atoms with van der Waals surface area (Å²) in [6.45, 7) is 4.46. The summed E-state index contributed by atoms with van der Waals surface area (Å²) in [6, 6.07) is 5.82. The predicted octanol–water partition coefficient (Wildman–Crippen LogP) is 2.18. The minimum Gasteiger partial charge on any atom is -0.358 e. The monoisotopic (exact) mass is 359 g/mol. The maximum atomic E-state index is 12.0. The average Bonchev–Trinajstić information content (AvgIpc) is 2.46.